The average molecular weight is 385 g/mol. The summed E-state index contributed by atoms with van der Waals surface area (Å²) in [6, 6.07) is 18.5. The first-order valence-electron chi connectivity index (χ1n) is 7.97. The molecule has 0 saturated carbocycles. The van der Waals surface area contributed by atoms with E-state index in [9.17, 15) is 0 Å². The molecule has 1 heterocycles. The van der Waals surface area contributed by atoms with Gasteiger partial charge in [0.05, 0.1) is 0 Å². The van der Waals surface area contributed by atoms with Crippen LogP contribution in [0.3, 0.4) is 0 Å². The van der Waals surface area contributed by atoms with Gasteiger partial charge in [0.25, 0.3) is 0 Å². The van der Waals surface area contributed by atoms with E-state index in [0.29, 0.717) is 18.9 Å². The second-order valence-corrected chi connectivity index (χ2v) is 6.83. The normalized spacial score (nSPS) is 21.3. The molecule has 3 rings (SSSR count). The largest absolute Gasteiger partial charge is 0.334 e. The van der Waals surface area contributed by atoms with Crippen LogP contribution in [0.15, 0.2) is 76.3 Å². The molecule has 0 saturated heterocycles. The van der Waals surface area contributed by atoms with Crippen molar-refractivity contribution in [2.75, 3.05) is 6.54 Å². The zero-order valence-corrected chi connectivity index (χ0v) is 15.0. The predicted molar refractivity (Wildman–Crippen MR) is 103 cm³/mol. The first-order chi connectivity index (χ1) is 11.6. The molecule has 0 aliphatic carbocycles. The average Bonchev–Trinajstić information content (AvgIpc) is 2.55. The minimum absolute atomic E-state index is 0.641. The maximum absolute atomic E-state index is 6.48. The summed E-state index contributed by atoms with van der Waals surface area (Å²) in [4.78, 5) is 4.59. The second kappa shape index (κ2) is 7.64. The van der Waals surface area contributed by atoms with Gasteiger partial charge in [0.1, 0.15) is 5.66 Å². The highest BCUT2D eigenvalue weighted by Gasteiger charge is 2.26. The van der Waals surface area contributed by atoms with Crippen molar-refractivity contribution in [2.45, 2.75) is 18.5 Å². The number of hydrogen-bond donors (Lipinski definition) is 3. The first kappa shape index (κ1) is 16.7. The Morgan fingerprint density at radius 1 is 1.04 bits per heavy atom. The Bertz CT molecular complexity index is 742. The zero-order chi connectivity index (χ0) is 16.8. The van der Waals surface area contributed by atoms with E-state index < -0.39 is 5.66 Å². The van der Waals surface area contributed by atoms with Crippen LogP contribution in [0.5, 0.6) is 0 Å². The third kappa shape index (κ3) is 4.69. The molecule has 1 aliphatic heterocycles. The highest BCUT2D eigenvalue weighted by atomic mass is 79.9. The summed E-state index contributed by atoms with van der Waals surface area (Å²) < 4.78 is 1.05. The van der Waals surface area contributed by atoms with Crippen LogP contribution in [-0.2, 0) is 12.8 Å². The molecular weight excluding hydrogens is 364 g/mol. The smallest absolute Gasteiger partial charge is 0.197 e. The van der Waals surface area contributed by atoms with Crippen LogP contribution in [-0.4, -0.2) is 18.2 Å². The van der Waals surface area contributed by atoms with E-state index in [4.69, 9.17) is 5.73 Å². The lowest BCUT2D eigenvalue weighted by atomic mass is 9.99. The Kier molecular flexibility index (Phi) is 5.33. The van der Waals surface area contributed by atoms with Gasteiger partial charge in [-0.25, -0.2) is 0 Å². The van der Waals surface area contributed by atoms with E-state index in [1.165, 1.54) is 5.56 Å². The van der Waals surface area contributed by atoms with Gasteiger partial charge in [-0.3, -0.25) is 4.99 Å². The molecule has 2 aromatic carbocycles. The van der Waals surface area contributed by atoms with Gasteiger partial charge in [-0.2, -0.15) is 0 Å². The molecule has 124 valence electrons. The zero-order valence-electron chi connectivity index (χ0n) is 13.4. The molecule has 1 aliphatic rings. The minimum Gasteiger partial charge on any atom is -0.334 e. The minimum atomic E-state index is -0.641. The molecular formula is C19H21BrN4. The molecule has 0 fully saturated rings. The summed E-state index contributed by atoms with van der Waals surface area (Å²) in [6.07, 6.45) is 5.38. The topological polar surface area (TPSA) is 62.4 Å². The fraction of sp³-hybridized carbons (Fsp3) is 0.211. The van der Waals surface area contributed by atoms with Crippen molar-refractivity contribution in [3.05, 3.63) is 82.5 Å². The Labute approximate surface area is 151 Å². The molecule has 0 spiro atoms. The van der Waals surface area contributed by atoms with Crippen molar-refractivity contribution < 1.29 is 0 Å². The van der Waals surface area contributed by atoms with Gasteiger partial charge < -0.3 is 16.4 Å². The number of nitrogens with zero attached hydrogens (tertiary/aromatic N) is 1. The number of aliphatic imine (C=N–C) groups is 1. The molecule has 4 nitrogen and oxygen atoms in total. The fourth-order valence-electron chi connectivity index (χ4n) is 2.68. The van der Waals surface area contributed by atoms with E-state index in [1.807, 2.05) is 42.6 Å². The van der Waals surface area contributed by atoms with E-state index in [-0.39, 0.29) is 0 Å². The monoisotopic (exact) mass is 384 g/mol. The highest BCUT2D eigenvalue weighted by molar-refractivity contribution is 9.10. The van der Waals surface area contributed by atoms with Crippen molar-refractivity contribution in [2.24, 2.45) is 10.7 Å². The molecule has 0 radical (unpaired) electrons. The van der Waals surface area contributed by atoms with Crippen LogP contribution in [0.1, 0.15) is 11.1 Å². The van der Waals surface area contributed by atoms with E-state index in [0.717, 1.165) is 16.5 Å². The lowest BCUT2D eigenvalue weighted by molar-refractivity contribution is 0.472. The number of benzene rings is 2. The Balaban J connectivity index is 1.61. The van der Waals surface area contributed by atoms with E-state index >= 15 is 0 Å². The van der Waals surface area contributed by atoms with Gasteiger partial charge in [0.15, 0.2) is 5.96 Å². The summed E-state index contributed by atoms with van der Waals surface area (Å²) >= 11 is 3.50. The lowest BCUT2D eigenvalue weighted by Gasteiger charge is -2.32. The SMILES string of the molecule is NC1(Cc2cccc(Br)c2)C=CNC(=NCCc2ccccc2)N1. The summed E-state index contributed by atoms with van der Waals surface area (Å²) in [6.45, 7) is 0.708. The Hall–Kier alpha value is -2.11. The van der Waals surface area contributed by atoms with Crippen LogP contribution >= 0.6 is 15.9 Å². The van der Waals surface area contributed by atoms with E-state index in [1.54, 1.807) is 0 Å². The molecule has 0 amide bonds. The molecule has 5 heteroatoms. The first-order valence-corrected chi connectivity index (χ1v) is 8.76. The molecule has 24 heavy (non-hydrogen) atoms. The summed E-state index contributed by atoms with van der Waals surface area (Å²) in [5.41, 5.74) is 8.28. The third-order valence-electron chi connectivity index (χ3n) is 3.85. The van der Waals surface area contributed by atoms with Crippen LogP contribution in [0.4, 0.5) is 0 Å². The summed E-state index contributed by atoms with van der Waals surface area (Å²) in [5, 5.41) is 6.43. The van der Waals surface area contributed by atoms with Crippen LogP contribution in [0, 0.1) is 0 Å². The summed E-state index contributed by atoms with van der Waals surface area (Å²) in [7, 11) is 0. The van der Waals surface area contributed by atoms with Crippen LogP contribution < -0.4 is 16.4 Å². The van der Waals surface area contributed by atoms with Gasteiger partial charge in [0.2, 0.25) is 0 Å². The molecule has 4 N–H and O–H groups in total. The van der Waals surface area contributed by atoms with Gasteiger partial charge >= 0.3 is 0 Å². The number of halogens is 1. The molecule has 1 unspecified atom stereocenters. The van der Waals surface area contributed by atoms with Gasteiger partial charge in [0, 0.05) is 23.6 Å². The quantitative estimate of drug-likeness (QED) is 0.742. The molecule has 1 atom stereocenters. The highest BCUT2D eigenvalue weighted by Crippen LogP contribution is 2.16. The number of nitrogens with one attached hydrogen (secondary N) is 2. The molecule has 0 aromatic heterocycles. The molecule has 0 bridgehead atoms. The van der Waals surface area contributed by atoms with Crippen molar-refractivity contribution in [1.29, 1.82) is 0 Å². The third-order valence-corrected chi connectivity index (χ3v) is 4.34. The fourth-order valence-corrected chi connectivity index (χ4v) is 3.13. The van der Waals surface area contributed by atoms with Gasteiger partial charge in [-0.05, 0) is 35.8 Å². The standard InChI is InChI=1S/C19H21BrN4/c20-17-8-4-7-16(13-17)14-19(21)10-12-23-18(24-19)22-11-9-15-5-2-1-3-6-15/h1-8,10,12-13H,9,11,14,21H2,(H2,22,23,24). The van der Waals surface area contributed by atoms with Crippen LogP contribution in [0.25, 0.3) is 0 Å². The Morgan fingerprint density at radius 3 is 2.62 bits per heavy atom. The number of guanidine groups is 1. The number of nitrogens with two attached hydrogens (primary N) is 1. The van der Waals surface area contributed by atoms with Crippen molar-refractivity contribution >= 4 is 21.9 Å². The summed E-state index contributed by atoms with van der Waals surface area (Å²) in [5.74, 6) is 0.714. The van der Waals surface area contributed by atoms with E-state index in [2.05, 4.69) is 55.8 Å². The van der Waals surface area contributed by atoms with Crippen molar-refractivity contribution in [3.8, 4) is 0 Å². The van der Waals surface area contributed by atoms with Gasteiger partial charge in [-0.15, -0.1) is 0 Å². The maximum Gasteiger partial charge on any atom is 0.197 e. The van der Waals surface area contributed by atoms with Gasteiger partial charge in [-0.1, -0.05) is 58.4 Å². The van der Waals surface area contributed by atoms with Crippen molar-refractivity contribution in [1.82, 2.24) is 10.6 Å². The lowest BCUT2D eigenvalue weighted by Crippen LogP contribution is -2.61. The Morgan fingerprint density at radius 2 is 1.83 bits per heavy atom. The number of rotatable bonds is 5. The van der Waals surface area contributed by atoms with Crippen LogP contribution in [0.2, 0.25) is 0 Å². The maximum atomic E-state index is 6.48. The molecule has 2 aromatic rings. The van der Waals surface area contributed by atoms with Crippen molar-refractivity contribution in [3.63, 3.8) is 0 Å². The predicted octanol–water partition coefficient (Wildman–Crippen LogP) is 2.95. The number of hydrogen-bond acceptors (Lipinski definition) is 2. The second-order valence-electron chi connectivity index (χ2n) is 5.92.